The molecule has 2 aromatic heterocycles. The molecule has 208 valence electrons. The topological polar surface area (TPSA) is 123 Å². The number of benzene rings is 1. The Balaban J connectivity index is 1.60. The standard InChI is InChI=1S/C29H39N5O4Si/c1-29(2,39(4,5)37)12-11-23-22(7-6-8-24(23)30)21-17-25(28(36)33(3)19-21)32-26-10-9-20(18-31-26)27(35)34-13-15-38-16-14-34/h6-10,17-19,37H,11-16,30H2,1-5H3,(H,31,32). The number of carbonyl (C=O) groups excluding carboxylic acids is 1. The third-order valence-corrected chi connectivity index (χ3v) is 11.5. The van der Waals surface area contributed by atoms with Crippen molar-refractivity contribution >= 4 is 31.4 Å². The molecule has 3 aromatic rings. The molecule has 4 rings (SSSR count). The van der Waals surface area contributed by atoms with E-state index in [1.165, 1.54) is 10.8 Å². The molecule has 0 bridgehead atoms. The predicted octanol–water partition coefficient (Wildman–Crippen LogP) is 4.16. The van der Waals surface area contributed by atoms with Gasteiger partial charge in [0.1, 0.15) is 11.5 Å². The average Bonchev–Trinajstić information content (AvgIpc) is 2.90. The number of nitrogens with two attached hydrogens (primary N) is 1. The number of rotatable bonds is 8. The minimum atomic E-state index is -2.38. The van der Waals surface area contributed by atoms with E-state index in [2.05, 4.69) is 24.1 Å². The lowest BCUT2D eigenvalue weighted by molar-refractivity contribution is 0.0302. The molecule has 3 heterocycles. The van der Waals surface area contributed by atoms with Crippen LogP contribution in [0.3, 0.4) is 0 Å². The van der Waals surface area contributed by atoms with Crippen molar-refractivity contribution in [2.75, 3.05) is 37.4 Å². The van der Waals surface area contributed by atoms with Crippen LogP contribution in [0.4, 0.5) is 17.2 Å². The van der Waals surface area contributed by atoms with E-state index in [1.807, 2.05) is 37.4 Å². The SMILES string of the molecule is Cn1cc(-c2cccc(N)c2CCC(C)(C)[Si](C)(C)O)cc(Nc2ccc(C(=O)N3CCOCC3)cn2)c1=O. The van der Waals surface area contributed by atoms with Gasteiger partial charge in [-0.2, -0.15) is 0 Å². The van der Waals surface area contributed by atoms with Gasteiger partial charge in [0.15, 0.2) is 8.32 Å². The van der Waals surface area contributed by atoms with Crippen molar-refractivity contribution in [3.8, 4) is 11.1 Å². The van der Waals surface area contributed by atoms with Crippen LogP contribution in [0.5, 0.6) is 0 Å². The van der Waals surface area contributed by atoms with Crippen LogP contribution in [-0.2, 0) is 18.2 Å². The fraction of sp³-hybridized carbons (Fsp3) is 0.414. The van der Waals surface area contributed by atoms with Crippen LogP contribution in [0.15, 0.2) is 53.6 Å². The molecule has 0 saturated carbocycles. The summed E-state index contributed by atoms with van der Waals surface area (Å²) >= 11 is 0. The number of nitrogen functional groups attached to an aromatic ring is 1. The first kappa shape index (κ1) is 28.5. The summed E-state index contributed by atoms with van der Waals surface area (Å²) < 4.78 is 6.86. The normalized spacial score (nSPS) is 14.4. The third-order valence-electron chi connectivity index (χ3n) is 7.93. The Hall–Kier alpha value is -3.47. The minimum Gasteiger partial charge on any atom is -0.432 e. The second-order valence-electron chi connectivity index (χ2n) is 11.3. The number of morpholine rings is 1. The van der Waals surface area contributed by atoms with E-state index in [4.69, 9.17) is 10.5 Å². The lowest BCUT2D eigenvalue weighted by Gasteiger charge is -2.35. The van der Waals surface area contributed by atoms with Gasteiger partial charge < -0.3 is 30.0 Å². The number of amides is 1. The van der Waals surface area contributed by atoms with Crippen molar-refractivity contribution in [3.05, 3.63) is 70.3 Å². The summed E-state index contributed by atoms with van der Waals surface area (Å²) in [6.45, 7) is 10.3. The maximum absolute atomic E-state index is 13.0. The van der Waals surface area contributed by atoms with Crippen molar-refractivity contribution in [3.63, 3.8) is 0 Å². The smallest absolute Gasteiger partial charge is 0.274 e. The quantitative estimate of drug-likeness (QED) is 0.285. The number of ether oxygens (including phenoxy) is 1. The van der Waals surface area contributed by atoms with E-state index < -0.39 is 8.32 Å². The predicted molar refractivity (Wildman–Crippen MR) is 158 cm³/mol. The monoisotopic (exact) mass is 549 g/mol. The first-order valence-corrected chi connectivity index (χ1v) is 16.2. The van der Waals surface area contributed by atoms with Gasteiger partial charge >= 0.3 is 0 Å². The second kappa shape index (κ2) is 11.3. The molecule has 1 aliphatic rings. The summed E-state index contributed by atoms with van der Waals surface area (Å²) in [6.07, 6.45) is 4.83. The molecule has 1 aromatic carbocycles. The molecular formula is C29H39N5O4Si. The Bertz CT molecular complexity index is 1390. The van der Waals surface area contributed by atoms with Crippen LogP contribution in [-0.4, -0.2) is 59.8 Å². The number of hydrogen-bond acceptors (Lipinski definition) is 7. The van der Waals surface area contributed by atoms with Crippen molar-refractivity contribution in [2.45, 2.75) is 44.8 Å². The summed E-state index contributed by atoms with van der Waals surface area (Å²) in [4.78, 5) is 42.7. The van der Waals surface area contributed by atoms with Crippen molar-refractivity contribution in [2.24, 2.45) is 7.05 Å². The number of aryl methyl sites for hydroxylation is 1. The lowest BCUT2D eigenvalue weighted by atomic mass is 9.93. The maximum atomic E-state index is 13.0. The first-order chi connectivity index (χ1) is 18.4. The number of aromatic nitrogens is 2. The number of hydrogen-bond donors (Lipinski definition) is 3. The molecule has 1 saturated heterocycles. The Morgan fingerprint density at radius 3 is 2.56 bits per heavy atom. The average molecular weight is 550 g/mol. The van der Waals surface area contributed by atoms with Crippen molar-refractivity contribution < 1.29 is 14.3 Å². The van der Waals surface area contributed by atoms with Gasteiger partial charge in [0.2, 0.25) is 0 Å². The Labute approximate surface area is 230 Å². The number of carbonyl (C=O) groups is 1. The van der Waals surface area contributed by atoms with Crippen LogP contribution in [0.2, 0.25) is 18.1 Å². The number of pyridine rings is 2. The molecule has 10 heteroatoms. The van der Waals surface area contributed by atoms with Crippen LogP contribution < -0.4 is 16.6 Å². The fourth-order valence-corrected chi connectivity index (χ4v) is 5.26. The second-order valence-corrected chi connectivity index (χ2v) is 15.8. The van der Waals surface area contributed by atoms with Crippen LogP contribution in [0.25, 0.3) is 11.1 Å². The van der Waals surface area contributed by atoms with Gasteiger partial charge in [0.05, 0.1) is 18.8 Å². The largest absolute Gasteiger partial charge is 0.432 e. The molecule has 1 fully saturated rings. The molecule has 0 radical (unpaired) electrons. The molecule has 0 unspecified atom stereocenters. The van der Waals surface area contributed by atoms with Gasteiger partial charge in [-0.05, 0) is 66.4 Å². The number of anilines is 3. The Morgan fingerprint density at radius 2 is 1.92 bits per heavy atom. The molecule has 1 aliphatic heterocycles. The van der Waals surface area contributed by atoms with Gasteiger partial charge in [0, 0.05) is 43.8 Å². The Morgan fingerprint density at radius 1 is 1.21 bits per heavy atom. The molecular weight excluding hydrogens is 510 g/mol. The molecule has 4 N–H and O–H groups in total. The van der Waals surface area contributed by atoms with Crippen molar-refractivity contribution in [1.29, 1.82) is 0 Å². The zero-order valence-electron chi connectivity index (χ0n) is 23.5. The highest BCUT2D eigenvalue weighted by atomic mass is 28.4. The fourth-order valence-electron chi connectivity index (χ4n) is 4.53. The third kappa shape index (κ3) is 6.40. The lowest BCUT2D eigenvalue weighted by Crippen LogP contribution is -2.40. The summed E-state index contributed by atoms with van der Waals surface area (Å²) in [5, 5.41) is 2.94. The van der Waals surface area contributed by atoms with Gasteiger partial charge in [-0.3, -0.25) is 9.59 Å². The maximum Gasteiger partial charge on any atom is 0.274 e. The summed E-state index contributed by atoms with van der Waals surface area (Å²) in [6, 6.07) is 11.0. The van der Waals surface area contributed by atoms with E-state index in [1.54, 1.807) is 30.3 Å². The van der Waals surface area contributed by atoms with Gasteiger partial charge in [-0.15, -0.1) is 0 Å². The van der Waals surface area contributed by atoms with E-state index >= 15 is 0 Å². The zero-order chi connectivity index (χ0) is 28.4. The van der Waals surface area contributed by atoms with Gasteiger partial charge in [0.25, 0.3) is 11.5 Å². The van der Waals surface area contributed by atoms with E-state index in [0.29, 0.717) is 55.5 Å². The molecule has 9 nitrogen and oxygen atoms in total. The van der Waals surface area contributed by atoms with Crippen LogP contribution in [0.1, 0.15) is 36.2 Å². The van der Waals surface area contributed by atoms with E-state index in [0.717, 1.165) is 23.1 Å². The molecule has 0 spiro atoms. The number of nitrogens with zero attached hydrogens (tertiary/aromatic N) is 3. The number of nitrogens with one attached hydrogen (secondary N) is 1. The van der Waals surface area contributed by atoms with Crippen LogP contribution in [0, 0.1) is 0 Å². The first-order valence-electron chi connectivity index (χ1n) is 13.3. The van der Waals surface area contributed by atoms with E-state index in [-0.39, 0.29) is 16.5 Å². The highest BCUT2D eigenvalue weighted by Gasteiger charge is 2.37. The molecule has 39 heavy (non-hydrogen) atoms. The molecule has 0 aliphatic carbocycles. The summed E-state index contributed by atoms with van der Waals surface area (Å²) in [5.41, 5.74) is 10.6. The van der Waals surface area contributed by atoms with E-state index in [9.17, 15) is 14.4 Å². The Kier molecular flexibility index (Phi) is 8.29. The summed E-state index contributed by atoms with van der Waals surface area (Å²) in [5.74, 6) is 0.382. The highest BCUT2D eigenvalue weighted by Crippen LogP contribution is 2.41. The van der Waals surface area contributed by atoms with Crippen molar-refractivity contribution in [1.82, 2.24) is 14.5 Å². The van der Waals surface area contributed by atoms with Crippen LogP contribution >= 0.6 is 0 Å². The highest BCUT2D eigenvalue weighted by molar-refractivity contribution is 6.72. The molecule has 0 atom stereocenters. The zero-order valence-corrected chi connectivity index (χ0v) is 24.5. The summed E-state index contributed by atoms with van der Waals surface area (Å²) in [7, 11) is -0.663. The van der Waals surface area contributed by atoms with Gasteiger partial charge in [-0.1, -0.05) is 26.0 Å². The minimum absolute atomic E-state index is 0.0834. The molecule has 1 amide bonds. The van der Waals surface area contributed by atoms with Gasteiger partial charge in [-0.25, -0.2) is 4.98 Å².